The lowest BCUT2D eigenvalue weighted by atomic mass is 10.0. The molecular weight excluding hydrogens is 209 g/mol. The third-order valence-corrected chi connectivity index (χ3v) is 2.09. The van der Waals surface area contributed by atoms with Gasteiger partial charge in [0.2, 0.25) is 0 Å². The van der Waals surface area contributed by atoms with Gasteiger partial charge in [-0.05, 0) is 27.9 Å². The minimum absolute atomic E-state index is 0. The smallest absolute Gasteiger partial charge is 0.0271 e. The molecule has 0 aliphatic heterocycles. The van der Waals surface area contributed by atoms with E-state index in [0.717, 1.165) is 13.1 Å². The van der Waals surface area contributed by atoms with Gasteiger partial charge in [-0.15, -0.1) is 24.8 Å². The Morgan fingerprint density at radius 2 is 1.69 bits per heavy atom. The summed E-state index contributed by atoms with van der Waals surface area (Å²) in [4.78, 5) is 2.20. The summed E-state index contributed by atoms with van der Waals surface area (Å²) < 4.78 is 0. The zero-order valence-corrected chi connectivity index (χ0v) is 10.6. The molecule has 13 heavy (non-hydrogen) atoms. The molecule has 0 spiro atoms. The average molecular weight is 232 g/mol. The lowest BCUT2D eigenvalue weighted by molar-refractivity contribution is 0.191. The standard InChI is InChI=1S/C8H21N3.2ClH/c1-8(2,11(3)4)7-10-6-5-9;;/h10H,5-7,9H2,1-4H3;2*1H. The number of nitrogens with zero attached hydrogens (tertiary/aromatic N) is 1. The van der Waals surface area contributed by atoms with Crippen molar-refractivity contribution in [1.29, 1.82) is 0 Å². The van der Waals surface area contributed by atoms with Crippen molar-refractivity contribution < 1.29 is 0 Å². The zero-order valence-electron chi connectivity index (χ0n) is 8.96. The van der Waals surface area contributed by atoms with Gasteiger partial charge in [-0.2, -0.15) is 0 Å². The highest BCUT2D eigenvalue weighted by Gasteiger charge is 2.18. The average Bonchev–Trinajstić information content (AvgIpc) is 1.88. The number of rotatable bonds is 5. The summed E-state index contributed by atoms with van der Waals surface area (Å²) in [6, 6.07) is 0. The van der Waals surface area contributed by atoms with Crippen LogP contribution in [0.2, 0.25) is 0 Å². The van der Waals surface area contributed by atoms with Gasteiger partial charge in [-0.25, -0.2) is 0 Å². The summed E-state index contributed by atoms with van der Waals surface area (Å²) in [5.41, 5.74) is 5.58. The van der Waals surface area contributed by atoms with Crippen molar-refractivity contribution in [2.75, 3.05) is 33.7 Å². The van der Waals surface area contributed by atoms with E-state index in [-0.39, 0.29) is 30.4 Å². The Kier molecular flexibility index (Phi) is 13.3. The number of likely N-dealkylation sites (N-methyl/N-ethyl adjacent to an activating group) is 1. The van der Waals surface area contributed by atoms with Crippen LogP contribution in [0.25, 0.3) is 0 Å². The van der Waals surface area contributed by atoms with E-state index < -0.39 is 0 Å². The molecule has 0 radical (unpaired) electrons. The molecule has 3 N–H and O–H groups in total. The van der Waals surface area contributed by atoms with Gasteiger partial charge in [0.25, 0.3) is 0 Å². The highest BCUT2D eigenvalue weighted by atomic mass is 35.5. The van der Waals surface area contributed by atoms with Gasteiger partial charge in [0.1, 0.15) is 0 Å². The first kappa shape index (κ1) is 19.1. The molecule has 0 amide bonds. The molecule has 84 valence electrons. The third kappa shape index (κ3) is 8.78. The first-order chi connectivity index (χ1) is 5.00. The van der Waals surface area contributed by atoms with E-state index in [0.29, 0.717) is 6.54 Å². The zero-order chi connectivity index (χ0) is 8.91. The summed E-state index contributed by atoms with van der Waals surface area (Å²) in [7, 11) is 4.17. The maximum Gasteiger partial charge on any atom is 0.0271 e. The fourth-order valence-electron chi connectivity index (χ4n) is 0.654. The first-order valence-corrected chi connectivity index (χ1v) is 4.09. The van der Waals surface area contributed by atoms with Crippen LogP contribution in [0.4, 0.5) is 0 Å². The minimum Gasteiger partial charge on any atom is -0.329 e. The Balaban J connectivity index is -0.000000500. The Bertz CT molecular complexity index is 108. The maximum atomic E-state index is 5.36. The molecule has 0 aromatic rings. The van der Waals surface area contributed by atoms with E-state index in [1.54, 1.807) is 0 Å². The van der Waals surface area contributed by atoms with Crippen LogP contribution in [0, 0.1) is 0 Å². The van der Waals surface area contributed by atoms with Crippen molar-refractivity contribution in [1.82, 2.24) is 10.2 Å². The van der Waals surface area contributed by atoms with Gasteiger partial charge >= 0.3 is 0 Å². The largest absolute Gasteiger partial charge is 0.329 e. The van der Waals surface area contributed by atoms with Crippen molar-refractivity contribution >= 4 is 24.8 Å². The van der Waals surface area contributed by atoms with Gasteiger partial charge in [0, 0.05) is 25.2 Å². The molecule has 0 fully saturated rings. The Morgan fingerprint density at radius 1 is 1.23 bits per heavy atom. The molecule has 0 unspecified atom stereocenters. The van der Waals surface area contributed by atoms with Crippen LogP contribution in [0.5, 0.6) is 0 Å². The van der Waals surface area contributed by atoms with Crippen molar-refractivity contribution in [2.24, 2.45) is 5.73 Å². The van der Waals surface area contributed by atoms with Gasteiger partial charge in [-0.1, -0.05) is 0 Å². The molecule has 3 nitrogen and oxygen atoms in total. The van der Waals surface area contributed by atoms with Crippen LogP contribution in [0.15, 0.2) is 0 Å². The number of hydrogen-bond acceptors (Lipinski definition) is 3. The van der Waals surface area contributed by atoms with Gasteiger partial charge in [-0.3, -0.25) is 0 Å². The Morgan fingerprint density at radius 3 is 2.00 bits per heavy atom. The van der Waals surface area contributed by atoms with E-state index >= 15 is 0 Å². The van der Waals surface area contributed by atoms with E-state index in [9.17, 15) is 0 Å². The summed E-state index contributed by atoms with van der Waals surface area (Å²) >= 11 is 0. The van der Waals surface area contributed by atoms with Crippen molar-refractivity contribution in [2.45, 2.75) is 19.4 Å². The molecule has 0 aromatic heterocycles. The maximum absolute atomic E-state index is 5.36. The fourth-order valence-corrected chi connectivity index (χ4v) is 0.654. The third-order valence-electron chi connectivity index (χ3n) is 2.09. The quantitative estimate of drug-likeness (QED) is 0.686. The normalized spacial score (nSPS) is 10.6. The van der Waals surface area contributed by atoms with Gasteiger partial charge in [0.05, 0.1) is 0 Å². The predicted molar refractivity (Wildman–Crippen MR) is 64.2 cm³/mol. The molecule has 0 atom stereocenters. The van der Waals surface area contributed by atoms with E-state index in [4.69, 9.17) is 5.73 Å². The number of nitrogens with two attached hydrogens (primary N) is 1. The SMILES string of the molecule is CN(C)C(C)(C)CNCCN.Cl.Cl. The van der Waals surface area contributed by atoms with Crippen LogP contribution < -0.4 is 11.1 Å². The second-order valence-corrected chi connectivity index (χ2v) is 3.67. The first-order valence-electron chi connectivity index (χ1n) is 4.09. The molecule has 0 aliphatic rings. The Labute approximate surface area is 94.2 Å². The number of nitrogens with one attached hydrogen (secondary N) is 1. The molecule has 0 aromatic carbocycles. The van der Waals surface area contributed by atoms with Crippen molar-refractivity contribution in [3.63, 3.8) is 0 Å². The van der Waals surface area contributed by atoms with Gasteiger partial charge in [0.15, 0.2) is 0 Å². The summed E-state index contributed by atoms with van der Waals surface area (Å²) in [5.74, 6) is 0. The lowest BCUT2D eigenvalue weighted by Gasteiger charge is -2.32. The van der Waals surface area contributed by atoms with Crippen LogP contribution in [0.3, 0.4) is 0 Å². The summed E-state index contributed by atoms with van der Waals surface area (Å²) in [6.45, 7) is 7.00. The molecule has 0 rings (SSSR count). The fraction of sp³-hybridized carbons (Fsp3) is 1.00. The minimum atomic E-state index is 0. The Hall–Kier alpha value is 0.460. The molecule has 0 saturated heterocycles. The number of hydrogen-bond donors (Lipinski definition) is 2. The number of halogens is 2. The van der Waals surface area contributed by atoms with Gasteiger partial charge < -0.3 is 16.0 Å². The molecular formula is C8H23Cl2N3. The van der Waals surface area contributed by atoms with Crippen LogP contribution in [0.1, 0.15) is 13.8 Å². The molecule has 5 heteroatoms. The topological polar surface area (TPSA) is 41.3 Å². The highest BCUT2D eigenvalue weighted by molar-refractivity contribution is 5.85. The molecule has 0 bridgehead atoms. The van der Waals surface area contributed by atoms with Crippen LogP contribution >= 0.6 is 24.8 Å². The molecule has 0 saturated carbocycles. The van der Waals surface area contributed by atoms with E-state index in [2.05, 4.69) is 38.2 Å². The molecule has 0 aliphatic carbocycles. The second-order valence-electron chi connectivity index (χ2n) is 3.67. The molecule has 0 heterocycles. The van der Waals surface area contributed by atoms with Crippen molar-refractivity contribution in [3.05, 3.63) is 0 Å². The van der Waals surface area contributed by atoms with E-state index in [1.165, 1.54) is 0 Å². The van der Waals surface area contributed by atoms with Crippen LogP contribution in [-0.2, 0) is 0 Å². The summed E-state index contributed by atoms with van der Waals surface area (Å²) in [6.07, 6.45) is 0. The second kappa shape index (κ2) is 9.03. The predicted octanol–water partition coefficient (Wildman–Crippen LogP) is 0.718. The van der Waals surface area contributed by atoms with E-state index in [1.807, 2.05) is 0 Å². The monoisotopic (exact) mass is 231 g/mol. The highest BCUT2D eigenvalue weighted by Crippen LogP contribution is 2.06. The lowest BCUT2D eigenvalue weighted by Crippen LogP contribution is -2.47. The summed E-state index contributed by atoms with van der Waals surface area (Å²) in [5, 5.41) is 3.29. The van der Waals surface area contributed by atoms with Crippen LogP contribution in [-0.4, -0.2) is 44.2 Å². The van der Waals surface area contributed by atoms with Crippen molar-refractivity contribution in [3.8, 4) is 0 Å².